The highest BCUT2D eigenvalue weighted by Crippen LogP contribution is 2.40. The fraction of sp³-hybridized carbons (Fsp3) is 0.444. The van der Waals surface area contributed by atoms with E-state index in [1.165, 1.54) is 20.3 Å². The van der Waals surface area contributed by atoms with Gasteiger partial charge >= 0.3 is 18.3 Å². The fourth-order valence-electron chi connectivity index (χ4n) is 2.93. The van der Waals surface area contributed by atoms with Gasteiger partial charge in [0.25, 0.3) is 0 Å². The van der Waals surface area contributed by atoms with Gasteiger partial charge in [-0.15, -0.1) is 0 Å². The average Bonchev–Trinajstić information content (AvgIpc) is 2.81. The molecule has 2 aromatic rings. The van der Waals surface area contributed by atoms with E-state index in [9.17, 15) is 40.7 Å². The quantitative estimate of drug-likeness (QED) is 0.319. The summed E-state index contributed by atoms with van der Waals surface area (Å²) in [7, 11) is 2.50. The van der Waals surface area contributed by atoms with Crippen LogP contribution in [0, 0.1) is 10.8 Å². The second-order valence-corrected chi connectivity index (χ2v) is 10.7. The highest BCUT2D eigenvalue weighted by molar-refractivity contribution is 6.05. The van der Waals surface area contributed by atoms with Crippen LogP contribution in [0.2, 0.25) is 0 Å². The second kappa shape index (κ2) is 12.7. The molecule has 0 atom stereocenters. The third-order valence-corrected chi connectivity index (χ3v) is 5.28. The zero-order valence-corrected chi connectivity index (χ0v) is 23.6. The van der Waals surface area contributed by atoms with Gasteiger partial charge in [-0.25, -0.2) is 4.79 Å². The van der Waals surface area contributed by atoms with Gasteiger partial charge in [0, 0.05) is 10.8 Å². The molecule has 0 bridgehead atoms. The van der Waals surface area contributed by atoms with Crippen molar-refractivity contribution in [1.29, 1.82) is 0 Å². The van der Waals surface area contributed by atoms with E-state index in [2.05, 4.69) is 10.6 Å². The number of rotatable bonds is 5. The summed E-state index contributed by atoms with van der Waals surface area (Å²) in [6.07, 6.45) is -9.34. The van der Waals surface area contributed by atoms with E-state index in [1.807, 2.05) is 0 Å². The SMILES string of the molecule is COc1ccc(C(F)(F)F)c(C(=O)O)c1NC(=O)C(C)(C)C.COc1ccc(C(F)(F)F)cc1NC(=O)C(C)(C)C. The number of carboxylic acids is 1. The van der Waals surface area contributed by atoms with Crippen LogP contribution in [0.3, 0.4) is 0 Å². The van der Waals surface area contributed by atoms with Gasteiger partial charge in [-0.1, -0.05) is 41.5 Å². The van der Waals surface area contributed by atoms with Crippen LogP contribution in [0.1, 0.15) is 63.0 Å². The summed E-state index contributed by atoms with van der Waals surface area (Å²) in [5.74, 6) is -2.80. The molecule has 14 heteroatoms. The largest absolute Gasteiger partial charge is 0.495 e. The number of ether oxygens (including phenoxy) is 2. The van der Waals surface area contributed by atoms with Crippen molar-refractivity contribution >= 4 is 29.2 Å². The molecule has 0 saturated heterocycles. The maximum atomic E-state index is 13.0. The zero-order valence-electron chi connectivity index (χ0n) is 23.6. The number of anilines is 2. The predicted octanol–water partition coefficient (Wildman–Crippen LogP) is 7.10. The lowest BCUT2D eigenvalue weighted by molar-refractivity contribution is -0.138. The monoisotopic (exact) mass is 594 g/mol. The van der Waals surface area contributed by atoms with Crippen molar-refractivity contribution in [2.75, 3.05) is 24.9 Å². The number of nitrogens with one attached hydrogen (secondary N) is 2. The molecular formula is C27H32F6N2O6. The lowest BCUT2D eigenvalue weighted by atomic mass is 9.95. The lowest BCUT2D eigenvalue weighted by Crippen LogP contribution is -2.29. The predicted molar refractivity (Wildman–Crippen MR) is 139 cm³/mol. The Kier molecular flexibility index (Phi) is 10.8. The number of halogens is 6. The van der Waals surface area contributed by atoms with E-state index < -0.39 is 57.4 Å². The first-order chi connectivity index (χ1) is 18.4. The number of amides is 2. The van der Waals surface area contributed by atoms with Crippen molar-refractivity contribution in [1.82, 2.24) is 0 Å². The van der Waals surface area contributed by atoms with Crippen LogP contribution in [0.15, 0.2) is 30.3 Å². The van der Waals surface area contributed by atoms with E-state index in [-0.39, 0.29) is 23.1 Å². The maximum absolute atomic E-state index is 13.0. The molecule has 0 heterocycles. The standard InChI is InChI=1S/C14H16F3NO4.C13H16F3NO2/c1-13(2,3)12(21)18-10-8(22-4)6-5-7(14(15,16)17)9(10)11(19)20;1-12(2,3)11(18)17-9-7-8(13(14,15)16)5-6-10(9)19-4/h5-6H,1-4H3,(H,18,21)(H,19,20);5-7H,1-4H3,(H,17,18). The Labute approximate surface area is 233 Å². The number of benzene rings is 2. The number of hydrogen-bond acceptors (Lipinski definition) is 5. The van der Waals surface area contributed by atoms with E-state index in [0.717, 1.165) is 18.2 Å². The number of methoxy groups -OCH3 is 2. The summed E-state index contributed by atoms with van der Waals surface area (Å²) in [5.41, 5.74) is -5.37. The van der Waals surface area contributed by atoms with Crippen LogP contribution >= 0.6 is 0 Å². The Balaban J connectivity index is 0.000000414. The summed E-state index contributed by atoms with van der Waals surface area (Å²) in [6.45, 7) is 9.64. The van der Waals surface area contributed by atoms with Gasteiger partial charge in [-0.05, 0) is 30.3 Å². The molecule has 41 heavy (non-hydrogen) atoms. The minimum atomic E-state index is -4.87. The van der Waals surface area contributed by atoms with Gasteiger partial charge in [0.2, 0.25) is 11.8 Å². The van der Waals surface area contributed by atoms with E-state index >= 15 is 0 Å². The molecule has 0 spiro atoms. The molecule has 2 amide bonds. The molecule has 0 aliphatic carbocycles. The van der Waals surface area contributed by atoms with E-state index in [1.54, 1.807) is 41.5 Å². The third-order valence-electron chi connectivity index (χ3n) is 5.28. The van der Waals surface area contributed by atoms with Crippen molar-refractivity contribution in [2.24, 2.45) is 10.8 Å². The molecular weight excluding hydrogens is 562 g/mol. The normalized spacial score (nSPS) is 12.0. The first-order valence-electron chi connectivity index (χ1n) is 11.8. The molecule has 3 N–H and O–H groups in total. The van der Waals surface area contributed by atoms with Crippen LogP contribution in [0.4, 0.5) is 37.7 Å². The Hall–Kier alpha value is -3.97. The van der Waals surface area contributed by atoms with Gasteiger partial charge < -0.3 is 25.2 Å². The maximum Gasteiger partial charge on any atom is 0.417 e. The number of alkyl halides is 6. The van der Waals surface area contributed by atoms with Crippen molar-refractivity contribution < 1.29 is 55.3 Å². The molecule has 0 fully saturated rings. The van der Waals surface area contributed by atoms with Crippen LogP contribution < -0.4 is 20.1 Å². The highest BCUT2D eigenvalue weighted by Gasteiger charge is 2.39. The number of hydrogen-bond donors (Lipinski definition) is 3. The molecule has 0 radical (unpaired) electrons. The molecule has 0 saturated carbocycles. The first kappa shape index (κ1) is 35.1. The van der Waals surface area contributed by atoms with Crippen LogP contribution in [-0.2, 0) is 21.9 Å². The fourth-order valence-corrected chi connectivity index (χ4v) is 2.93. The highest BCUT2D eigenvalue weighted by atomic mass is 19.4. The Morgan fingerprint density at radius 2 is 1.17 bits per heavy atom. The number of carbonyl (C=O) groups excluding carboxylic acids is 2. The number of aromatic carboxylic acids is 1. The van der Waals surface area contributed by atoms with Gasteiger partial charge in [-0.3, -0.25) is 9.59 Å². The Morgan fingerprint density at radius 1 is 0.707 bits per heavy atom. The summed E-state index contributed by atoms with van der Waals surface area (Å²) < 4.78 is 86.6. The molecule has 8 nitrogen and oxygen atoms in total. The molecule has 2 aromatic carbocycles. The summed E-state index contributed by atoms with van der Waals surface area (Å²) in [5, 5.41) is 13.8. The second-order valence-electron chi connectivity index (χ2n) is 10.7. The van der Waals surface area contributed by atoms with E-state index in [0.29, 0.717) is 6.07 Å². The summed E-state index contributed by atoms with van der Waals surface area (Å²) in [4.78, 5) is 35.1. The molecule has 0 unspecified atom stereocenters. The first-order valence-corrected chi connectivity index (χ1v) is 11.8. The van der Waals surface area contributed by atoms with Crippen molar-refractivity contribution in [2.45, 2.75) is 53.9 Å². The molecule has 0 aromatic heterocycles. The third kappa shape index (κ3) is 9.57. The topological polar surface area (TPSA) is 114 Å². The van der Waals surface area contributed by atoms with Gasteiger partial charge in [0.1, 0.15) is 11.5 Å². The van der Waals surface area contributed by atoms with Crippen LogP contribution in [-0.4, -0.2) is 37.1 Å². The van der Waals surface area contributed by atoms with Crippen molar-refractivity contribution in [3.8, 4) is 11.5 Å². The minimum absolute atomic E-state index is 0.0113. The van der Waals surface area contributed by atoms with Gasteiger partial charge in [0.15, 0.2) is 0 Å². The van der Waals surface area contributed by atoms with Crippen LogP contribution in [0.25, 0.3) is 0 Å². The zero-order chi connectivity index (χ0) is 32.1. The lowest BCUT2D eigenvalue weighted by Gasteiger charge is -2.22. The molecule has 2 rings (SSSR count). The minimum Gasteiger partial charge on any atom is -0.495 e. The van der Waals surface area contributed by atoms with Gasteiger partial charge in [0.05, 0.1) is 42.3 Å². The molecule has 0 aliphatic heterocycles. The van der Waals surface area contributed by atoms with Crippen LogP contribution in [0.5, 0.6) is 11.5 Å². The Bertz CT molecular complexity index is 1280. The molecule has 0 aliphatic rings. The summed E-state index contributed by atoms with van der Waals surface area (Å²) >= 11 is 0. The Morgan fingerprint density at radius 3 is 1.56 bits per heavy atom. The average molecular weight is 595 g/mol. The van der Waals surface area contributed by atoms with Gasteiger partial charge in [-0.2, -0.15) is 26.3 Å². The molecule has 228 valence electrons. The number of carboxylic acid groups (broad SMARTS) is 1. The van der Waals surface area contributed by atoms with Crippen molar-refractivity contribution in [3.63, 3.8) is 0 Å². The van der Waals surface area contributed by atoms with E-state index in [4.69, 9.17) is 14.6 Å². The number of carbonyl (C=O) groups is 3. The van der Waals surface area contributed by atoms with Crippen molar-refractivity contribution in [3.05, 3.63) is 47.0 Å². The smallest absolute Gasteiger partial charge is 0.417 e. The summed E-state index contributed by atoms with van der Waals surface area (Å²) in [6, 6.07) is 4.53.